The van der Waals surface area contributed by atoms with Gasteiger partial charge in [0.05, 0.1) is 40.8 Å². The van der Waals surface area contributed by atoms with Crippen molar-refractivity contribution in [2.45, 2.75) is 11.1 Å². The summed E-state index contributed by atoms with van der Waals surface area (Å²) in [6, 6.07) is 20.7. The van der Waals surface area contributed by atoms with Gasteiger partial charge in [-0.1, -0.05) is 48.5 Å². The second-order valence-corrected chi connectivity index (χ2v) is 11.2. The summed E-state index contributed by atoms with van der Waals surface area (Å²) in [6.45, 7) is 1.94. The van der Waals surface area contributed by atoms with E-state index >= 15 is 0 Å². The summed E-state index contributed by atoms with van der Waals surface area (Å²) in [5, 5.41) is 11.4. The van der Waals surface area contributed by atoms with E-state index in [0.717, 1.165) is 17.4 Å². The predicted molar refractivity (Wildman–Crippen MR) is 153 cm³/mol. The Morgan fingerprint density at radius 3 is 2.52 bits per heavy atom. The van der Waals surface area contributed by atoms with Crippen LogP contribution in [0.2, 0.25) is 0 Å². The number of hydrogen-bond acceptors (Lipinski definition) is 9. The number of nitrogens with two attached hydrogens (primary N) is 1. The lowest BCUT2D eigenvalue weighted by molar-refractivity contribution is -0.117. The van der Waals surface area contributed by atoms with Crippen LogP contribution in [0.3, 0.4) is 0 Å². The molecule has 0 radical (unpaired) electrons. The van der Waals surface area contributed by atoms with E-state index in [0.29, 0.717) is 49.0 Å². The van der Waals surface area contributed by atoms with Crippen molar-refractivity contribution in [2.75, 3.05) is 42.8 Å². The largest absolute Gasteiger partial charge is 0.407 e. The molecule has 40 heavy (non-hydrogen) atoms. The van der Waals surface area contributed by atoms with Gasteiger partial charge in [-0.25, -0.2) is 13.4 Å². The van der Waals surface area contributed by atoms with E-state index in [4.69, 9.17) is 20.6 Å². The first-order chi connectivity index (χ1) is 19.2. The van der Waals surface area contributed by atoms with E-state index in [-0.39, 0.29) is 10.8 Å². The van der Waals surface area contributed by atoms with Gasteiger partial charge in [0.1, 0.15) is 0 Å². The fourth-order valence-corrected chi connectivity index (χ4v) is 5.11. The molecule has 0 spiro atoms. The number of morpholine rings is 1. The number of nitrogens with one attached hydrogen (secondary N) is 2. The molecule has 0 saturated carbocycles. The van der Waals surface area contributed by atoms with Crippen molar-refractivity contribution in [1.82, 2.24) is 0 Å². The predicted octanol–water partition coefficient (Wildman–Crippen LogP) is 2.40. The van der Waals surface area contributed by atoms with E-state index in [1.54, 1.807) is 6.07 Å². The normalized spacial score (nSPS) is 17.8. The Morgan fingerprint density at radius 1 is 1.10 bits per heavy atom. The first kappa shape index (κ1) is 27.0. The quantitative estimate of drug-likeness (QED) is 0.319. The lowest BCUT2D eigenvalue weighted by Crippen LogP contribution is -2.37. The summed E-state index contributed by atoms with van der Waals surface area (Å²) in [4.78, 5) is 23.9. The first-order valence-electron chi connectivity index (χ1n) is 12.5. The zero-order valence-corrected chi connectivity index (χ0v) is 22.5. The minimum atomic E-state index is -3.49. The molecule has 2 aliphatic rings. The van der Waals surface area contributed by atoms with Crippen LogP contribution in [0.4, 0.5) is 11.4 Å². The summed E-state index contributed by atoms with van der Waals surface area (Å²) >= 11 is 0. The van der Waals surface area contributed by atoms with Gasteiger partial charge in [-0.3, -0.25) is 10.2 Å². The monoisotopic (exact) mass is 560 g/mol. The van der Waals surface area contributed by atoms with Gasteiger partial charge in [-0.2, -0.15) is 4.99 Å². The number of amides is 1. The lowest BCUT2D eigenvalue weighted by Gasteiger charge is -2.30. The van der Waals surface area contributed by atoms with Crippen molar-refractivity contribution < 1.29 is 22.7 Å². The molecule has 3 aromatic rings. The van der Waals surface area contributed by atoms with Crippen LogP contribution in [0.15, 0.2) is 87.7 Å². The van der Waals surface area contributed by atoms with Crippen LogP contribution < -0.4 is 16.0 Å². The highest BCUT2D eigenvalue weighted by atomic mass is 32.2. The summed E-state index contributed by atoms with van der Waals surface area (Å²) in [5.74, 6) is -0.865. The maximum Gasteiger partial charge on any atom is 0.291 e. The summed E-state index contributed by atoms with van der Waals surface area (Å²) in [5.41, 5.74) is 9.55. The number of amidine groups is 1. The second-order valence-electron chi connectivity index (χ2n) is 9.20. The van der Waals surface area contributed by atoms with Crippen LogP contribution >= 0.6 is 0 Å². The molecule has 0 aliphatic carbocycles. The third kappa shape index (κ3) is 5.87. The minimum absolute atomic E-state index is 0.115. The Kier molecular flexibility index (Phi) is 7.63. The van der Waals surface area contributed by atoms with E-state index in [2.05, 4.69) is 15.3 Å². The molecule has 0 bridgehead atoms. The average molecular weight is 561 g/mol. The maximum atomic E-state index is 13.1. The highest BCUT2D eigenvalue weighted by molar-refractivity contribution is 7.90. The number of sulfone groups is 1. The molecule has 1 atom stereocenters. The Balaban J connectivity index is 1.46. The fourth-order valence-electron chi connectivity index (χ4n) is 4.47. The molecular weight excluding hydrogens is 532 g/mol. The van der Waals surface area contributed by atoms with Crippen molar-refractivity contribution in [3.63, 3.8) is 0 Å². The standard InChI is InChI=1S/C28H28N6O5S/c1-40(36,37)19-11-12-21(23(17-19)34-13-15-38-16-14-34)25(29)39-28(30)33-26-27(35)31-22-10-6-5-9-20(22)24(32-26)18-7-3-2-4-8-18/h2-12,17,26,29H,13-16H2,1H3,(H2,30,33)(H,31,35). The fraction of sp³-hybridized carbons (Fsp3) is 0.214. The first-order valence-corrected chi connectivity index (χ1v) is 14.4. The summed E-state index contributed by atoms with van der Waals surface area (Å²) in [7, 11) is -3.49. The number of fused-ring (bicyclic) bond motifs is 1. The number of nitrogens with zero attached hydrogens (tertiary/aromatic N) is 3. The number of ether oxygens (including phenoxy) is 2. The van der Waals surface area contributed by atoms with Gasteiger partial charge < -0.3 is 25.4 Å². The van der Waals surface area contributed by atoms with Crippen molar-refractivity contribution >= 4 is 44.8 Å². The minimum Gasteiger partial charge on any atom is -0.407 e. The highest BCUT2D eigenvalue weighted by Gasteiger charge is 2.27. The van der Waals surface area contributed by atoms with Crippen LogP contribution in [0.5, 0.6) is 0 Å². The number of rotatable bonds is 5. The van der Waals surface area contributed by atoms with Crippen molar-refractivity contribution in [3.8, 4) is 0 Å². The smallest absolute Gasteiger partial charge is 0.291 e. The van der Waals surface area contributed by atoms with E-state index < -0.39 is 27.9 Å². The van der Waals surface area contributed by atoms with Gasteiger partial charge in [0, 0.05) is 30.5 Å². The van der Waals surface area contributed by atoms with Gasteiger partial charge in [0.15, 0.2) is 9.84 Å². The summed E-state index contributed by atoms with van der Waals surface area (Å²) < 4.78 is 35.4. The van der Waals surface area contributed by atoms with Gasteiger partial charge in [-0.15, -0.1) is 0 Å². The van der Waals surface area contributed by atoms with Gasteiger partial charge in [0.25, 0.3) is 11.9 Å². The third-order valence-corrected chi connectivity index (χ3v) is 7.53. The number of carbonyl (C=O) groups excluding carboxylic acids is 1. The third-order valence-electron chi connectivity index (χ3n) is 6.42. The van der Waals surface area contributed by atoms with Crippen LogP contribution in [0, 0.1) is 5.41 Å². The van der Waals surface area contributed by atoms with Crippen LogP contribution in [0.25, 0.3) is 0 Å². The molecule has 5 rings (SSSR count). The number of para-hydroxylation sites is 1. The molecule has 1 unspecified atom stereocenters. The molecule has 2 aliphatic heterocycles. The van der Waals surface area contributed by atoms with Crippen LogP contribution in [-0.2, 0) is 24.1 Å². The molecule has 3 aromatic carbocycles. The molecule has 0 aromatic heterocycles. The lowest BCUT2D eigenvalue weighted by atomic mass is 10.0. The molecule has 1 fully saturated rings. The van der Waals surface area contributed by atoms with Crippen molar-refractivity contribution in [1.29, 1.82) is 5.41 Å². The number of carbonyl (C=O) groups is 1. The molecule has 1 saturated heterocycles. The average Bonchev–Trinajstić information content (AvgIpc) is 3.09. The van der Waals surface area contributed by atoms with E-state index in [9.17, 15) is 13.2 Å². The molecule has 11 nitrogen and oxygen atoms in total. The van der Waals surface area contributed by atoms with Crippen LogP contribution in [0.1, 0.15) is 16.7 Å². The number of benzene rings is 3. The van der Waals surface area contributed by atoms with Crippen LogP contribution in [-0.4, -0.2) is 70.7 Å². The number of anilines is 2. The number of benzodiazepines with no additional fused rings is 1. The van der Waals surface area contributed by atoms with Crippen molar-refractivity contribution in [2.24, 2.45) is 15.7 Å². The zero-order valence-electron chi connectivity index (χ0n) is 21.7. The summed E-state index contributed by atoms with van der Waals surface area (Å²) in [6.07, 6.45) is -0.153. The molecular formula is C28H28N6O5S. The second kappa shape index (κ2) is 11.3. The van der Waals surface area contributed by atoms with E-state index in [1.807, 2.05) is 53.4 Å². The van der Waals surface area contributed by atoms with Crippen molar-refractivity contribution in [3.05, 3.63) is 89.5 Å². The Morgan fingerprint density at radius 2 is 1.80 bits per heavy atom. The maximum absolute atomic E-state index is 13.1. The molecule has 206 valence electrons. The molecule has 2 heterocycles. The number of hydrogen-bond donors (Lipinski definition) is 3. The molecule has 1 amide bonds. The molecule has 4 N–H and O–H groups in total. The Bertz CT molecular complexity index is 1620. The molecule has 12 heteroatoms. The Hall–Kier alpha value is -4.55. The highest BCUT2D eigenvalue weighted by Crippen LogP contribution is 2.27. The zero-order chi connectivity index (χ0) is 28.3. The van der Waals surface area contributed by atoms with Gasteiger partial charge in [-0.05, 0) is 24.3 Å². The van der Waals surface area contributed by atoms with Gasteiger partial charge >= 0.3 is 0 Å². The topological polar surface area (TPSA) is 160 Å². The SMILES string of the molecule is CS(=O)(=O)c1ccc(C(=N)OC(N)=NC2N=C(c3ccccc3)c3ccccc3NC2=O)c(N2CCOCC2)c1. The Labute approximate surface area is 231 Å². The number of aliphatic imine (C=N–C) groups is 2. The van der Waals surface area contributed by atoms with Gasteiger partial charge in [0.2, 0.25) is 12.1 Å². The van der Waals surface area contributed by atoms with E-state index in [1.165, 1.54) is 18.2 Å².